The van der Waals surface area contributed by atoms with Crippen LogP contribution in [0.2, 0.25) is 0 Å². The molecular weight excluding hydrogens is 294 g/mol. The van der Waals surface area contributed by atoms with Crippen LogP contribution in [0.15, 0.2) is 29.6 Å². The van der Waals surface area contributed by atoms with Crippen molar-refractivity contribution in [3.05, 3.63) is 51.5 Å². The second-order valence-electron chi connectivity index (χ2n) is 5.52. The minimum Gasteiger partial charge on any atom is -0.345 e. The van der Waals surface area contributed by atoms with Gasteiger partial charge in [-0.2, -0.15) is 0 Å². The van der Waals surface area contributed by atoms with Gasteiger partial charge in [-0.25, -0.2) is 4.98 Å². The predicted molar refractivity (Wildman–Crippen MR) is 91.2 cm³/mol. The van der Waals surface area contributed by atoms with E-state index in [0.717, 1.165) is 23.2 Å². The summed E-state index contributed by atoms with van der Waals surface area (Å²) in [5.74, 6) is 0.0296. The summed E-state index contributed by atoms with van der Waals surface area (Å²) in [6.45, 7) is 4.95. The third-order valence-corrected chi connectivity index (χ3v) is 4.52. The number of nitrogens with one attached hydrogen (secondary N) is 1. The Morgan fingerprint density at radius 1 is 1.41 bits per heavy atom. The van der Waals surface area contributed by atoms with Gasteiger partial charge in [0.1, 0.15) is 0 Å². The van der Waals surface area contributed by atoms with E-state index in [2.05, 4.69) is 29.5 Å². The van der Waals surface area contributed by atoms with E-state index in [0.29, 0.717) is 6.54 Å². The van der Waals surface area contributed by atoms with Crippen LogP contribution in [0.5, 0.6) is 0 Å². The Morgan fingerprint density at radius 2 is 2.18 bits per heavy atom. The van der Waals surface area contributed by atoms with Crippen molar-refractivity contribution in [1.82, 2.24) is 15.2 Å². The smallest absolute Gasteiger partial charge is 0.253 e. The molecule has 2 aromatic rings. The first kappa shape index (κ1) is 16.6. The molecule has 1 N–H and O–H groups in total. The average Bonchev–Trinajstić information content (AvgIpc) is 3.01. The van der Waals surface area contributed by atoms with Gasteiger partial charge in [0.25, 0.3) is 5.91 Å². The van der Waals surface area contributed by atoms with E-state index in [1.54, 1.807) is 30.3 Å². The van der Waals surface area contributed by atoms with Crippen LogP contribution in [-0.2, 0) is 13.0 Å². The first-order valence-electron chi connectivity index (χ1n) is 7.49. The van der Waals surface area contributed by atoms with E-state index in [9.17, 15) is 4.79 Å². The molecule has 0 aliphatic heterocycles. The lowest BCUT2D eigenvalue weighted by Gasteiger charge is -2.13. The van der Waals surface area contributed by atoms with Gasteiger partial charge in [-0.05, 0) is 31.0 Å². The number of hydrogen-bond donors (Lipinski definition) is 1. The monoisotopic (exact) mass is 317 g/mol. The van der Waals surface area contributed by atoms with Crippen molar-refractivity contribution in [2.75, 3.05) is 14.1 Å². The molecule has 0 fully saturated rings. The fourth-order valence-electron chi connectivity index (χ4n) is 2.13. The zero-order valence-corrected chi connectivity index (χ0v) is 14.4. The van der Waals surface area contributed by atoms with Crippen molar-refractivity contribution in [2.45, 2.75) is 32.9 Å². The molecule has 0 aliphatic carbocycles. The van der Waals surface area contributed by atoms with E-state index in [1.165, 1.54) is 5.01 Å². The van der Waals surface area contributed by atoms with Crippen LogP contribution in [-0.4, -0.2) is 29.9 Å². The van der Waals surface area contributed by atoms with Crippen molar-refractivity contribution in [3.63, 3.8) is 0 Å². The van der Waals surface area contributed by atoms with Crippen molar-refractivity contribution < 1.29 is 4.79 Å². The Hall–Kier alpha value is -1.72. The first-order chi connectivity index (χ1) is 10.5. The summed E-state index contributed by atoms with van der Waals surface area (Å²) in [6.07, 6.45) is 0.978. The standard InChI is InChI=1S/C17H23N3OS/c1-5-16-19-15(11-22-16)12(2)18-10-13-7-6-8-14(9-13)17(21)20(3)4/h6-9,11-12,18H,5,10H2,1-4H3. The molecule has 118 valence electrons. The highest BCUT2D eigenvalue weighted by molar-refractivity contribution is 7.09. The number of amides is 1. The summed E-state index contributed by atoms with van der Waals surface area (Å²) in [5.41, 5.74) is 2.91. The quantitative estimate of drug-likeness (QED) is 0.889. The summed E-state index contributed by atoms with van der Waals surface area (Å²) in [5, 5.41) is 6.75. The highest BCUT2D eigenvalue weighted by Gasteiger charge is 2.11. The van der Waals surface area contributed by atoms with Gasteiger partial charge in [0.05, 0.1) is 10.7 Å². The molecule has 2 rings (SSSR count). The molecule has 1 aromatic heterocycles. The molecule has 0 spiro atoms. The number of rotatable bonds is 6. The molecule has 4 nitrogen and oxygen atoms in total. The number of aryl methyl sites for hydroxylation is 1. The summed E-state index contributed by atoms with van der Waals surface area (Å²) in [6, 6.07) is 7.95. The molecule has 1 aromatic carbocycles. The number of thiazole rings is 1. The summed E-state index contributed by atoms with van der Waals surface area (Å²) in [4.78, 5) is 18.2. The fraction of sp³-hybridized carbons (Fsp3) is 0.412. The minimum absolute atomic E-state index is 0.0296. The lowest BCUT2D eigenvalue weighted by atomic mass is 10.1. The van der Waals surface area contributed by atoms with E-state index in [-0.39, 0.29) is 11.9 Å². The topological polar surface area (TPSA) is 45.2 Å². The molecule has 1 heterocycles. The second kappa shape index (κ2) is 7.51. The Balaban J connectivity index is 1.99. The average molecular weight is 317 g/mol. The van der Waals surface area contributed by atoms with E-state index in [1.807, 2.05) is 24.3 Å². The van der Waals surface area contributed by atoms with Gasteiger partial charge in [-0.3, -0.25) is 4.79 Å². The lowest BCUT2D eigenvalue weighted by molar-refractivity contribution is 0.0827. The molecule has 0 radical (unpaired) electrons. The number of benzene rings is 1. The van der Waals surface area contributed by atoms with Crippen LogP contribution in [0, 0.1) is 0 Å². The van der Waals surface area contributed by atoms with Gasteiger partial charge < -0.3 is 10.2 Å². The maximum Gasteiger partial charge on any atom is 0.253 e. The van der Waals surface area contributed by atoms with Gasteiger partial charge in [0.15, 0.2) is 0 Å². The van der Waals surface area contributed by atoms with Gasteiger partial charge in [0.2, 0.25) is 0 Å². The number of aromatic nitrogens is 1. The molecule has 1 amide bonds. The zero-order valence-electron chi connectivity index (χ0n) is 13.6. The minimum atomic E-state index is 0.0296. The molecule has 1 atom stereocenters. The largest absolute Gasteiger partial charge is 0.345 e. The maximum atomic E-state index is 12.0. The van der Waals surface area contributed by atoms with E-state index < -0.39 is 0 Å². The lowest BCUT2D eigenvalue weighted by Crippen LogP contribution is -2.22. The molecular formula is C17H23N3OS. The zero-order chi connectivity index (χ0) is 16.1. The predicted octanol–water partition coefficient (Wildman–Crippen LogP) is 3.26. The Morgan fingerprint density at radius 3 is 2.82 bits per heavy atom. The van der Waals surface area contributed by atoms with Crippen LogP contribution < -0.4 is 5.32 Å². The van der Waals surface area contributed by atoms with Gasteiger partial charge in [0, 0.05) is 37.6 Å². The second-order valence-corrected chi connectivity index (χ2v) is 6.46. The number of hydrogen-bond acceptors (Lipinski definition) is 4. The van der Waals surface area contributed by atoms with Gasteiger partial charge in [-0.1, -0.05) is 19.1 Å². The molecule has 0 saturated heterocycles. The Kier molecular flexibility index (Phi) is 5.69. The van der Waals surface area contributed by atoms with Crippen LogP contribution in [0.25, 0.3) is 0 Å². The van der Waals surface area contributed by atoms with Gasteiger partial charge in [-0.15, -0.1) is 11.3 Å². The molecule has 5 heteroatoms. The number of carbonyl (C=O) groups excluding carboxylic acids is 1. The molecule has 0 saturated carbocycles. The summed E-state index contributed by atoms with van der Waals surface area (Å²) in [7, 11) is 3.53. The molecule has 0 aliphatic rings. The molecule has 22 heavy (non-hydrogen) atoms. The number of nitrogens with zero attached hydrogens (tertiary/aromatic N) is 2. The first-order valence-corrected chi connectivity index (χ1v) is 8.37. The van der Waals surface area contributed by atoms with Crippen molar-refractivity contribution in [1.29, 1.82) is 0 Å². The van der Waals surface area contributed by atoms with E-state index >= 15 is 0 Å². The van der Waals surface area contributed by atoms with Crippen molar-refractivity contribution in [3.8, 4) is 0 Å². The third kappa shape index (κ3) is 4.15. The Labute approximate surface area is 136 Å². The highest BCUT2D eigenvalue weighted by Crippen LogP contribution is 2.17. The fourth-order valence-corrected chi connectivity index (χ4v) is 2.97. The van der Waals surface area contributed by atoms with Crippen molar-refractivity contribution in [2.24, 2.45) is 0 Å². The molecule has 1 unspecified atom stereocenters. The highest BCUT2D eigenvalue weighted by atomic mass is 32.1. The SMILES string of the molecule is CCc1nc(C(C)NCc2cccc(C(=O)N(C)C)c2)cs1. The number of carbonyl (C=O) groups is 1. The Bertz CT molecular complexity index is 636. The molecule has 0 bridgehead atoms. The van der Waals surface area contributed by atoms with Gasteiger partial charge >= 0.3 is 0 Å². The van der Waals surface area contributed by atoms with Crippen LogP contribution >= 0.6 is 11.3 Å². The van der Waals surface area contributed by atoms with Crippen molar-refractivity contribution >= 4 is 17.2 Å². The normalized spacial score (nSPS) is 12.2. The van der Waals surface area contributed by atoms with E-state index in [4.69, 9.17) is 0 Å². The van der Waals surface area contributed by atoms with Crippen LogP contribution in [0.4, 0.5) is 0 Å². The third-order valence-electron chi connectivity index (χ3n) is 3.51. The van der Waals surface area contributed by atoms with Crippen LogP contribution in [0.1, 0.15) is 46.5 Å². The van der Waals surface area contributed by atoms with Crippen LogP contribution in [0.3, 0.4) is 0 Å². The summed E-state index contributed by atoms with van der Waals surface area (Å²) < 4.78 is 0. The summed E-state index contributed by atoms with van der Waals surface area (Å²) >= 11 is 1.71. The maximum absolute atomic E-state index is 12.0.